The van der Waals surface area contributed by atoms with E-state index in [-0.39, 0.29) is 0 Å². The molecule has 1 aliphatic carbocycles. The molecule has 0 amide bonds. The first kappa shape index (κ1) is 10.2. The minimum atomic E-state index is 0.752. The van der Waals surface area contributed by atoms with Gasteiger partial charge in [0.25, 0.3) is 0 Å². The summed E-state index contributed by atoms with van der Waals surface area (Å²) in [6.45, 7) is 0.832. The molecular weight excluding hydrogens is 190 g/mol. The summed E-state index contributed by atoms with van der Waals surface area (Å²) < 4.78 is 0. The molecule has 0 radical (unpaired) electrons. The van der Waals surface area contributed by atoms with E-state index < -0.39 is 0 Å². The molecule has 2 N–H and O–H groups in total. The third-order valence-corrected chi connectivity index (χ3v) is 4.36. The van der Waals surface area contributed by atoms with Crippen LogP contribution in [0.4, 0.5) is 0 Å². The van der Waals surface area contributed by atoms with E-state index in [4.69, 9.17) is 5.73 Å². The summed E-state index contributed by atoms with van der Waals surface area (Å²) in [5.41, 5.74) is 5.71. The summed E-state index contributed by atoms with van der Waals surface area (Å²) >= 11 is 1.90. The van der Waals surface area contributed by atoms with E-state index in [0.29, 0.717) is 0 Å². The number of rotatable bonds is 4. The Morgan fingerprint density at radius 3 is 2.79 bits per heavy atom. The van der Waals surface area contributed by atoms with Crippen molar-refractivity contribution in [1.29, 1.82) is 0 Å². The predicted molar refractivity (Wildman–Crippen MR) is 62.7 cm³/mol. The highest BCUT2D eigenvalue weighted by Crippen LogP contribution is 2.40. The fourth-order valence-corrected chi connectivity index (χ4v) is 3.61. The first-order chi connectivity index (χ1) is 6.92. The van der Waals surface area contributed by atoms with Crippen LogP contribution in [0.3, 0.4) is 0 Å². The second-order valence-electron chi connectivity index (χ2n) is 4.24. The van der Waals surface area contributed by atoms with Crippen molar-refractivity contribution in [1.82, 2.24) is 0 Å². The van der Waals surface area contributed by atoms with Gasteiger partial charge in [-0.2, -0.15) is 0 Å². The van der Waals surface area contributed by atoms with Gasteiger partial charge in [-0.05, 0) is 49.1 Å². The predicted octanol–water partition coefficient (Wildman–Crippen LogP) is 3.37. The summed E-state index contributed by atoms with van der Waals surface area (Å²) in [6, 6.07) is 4.45. The van der Waals surface area contributed by atoms with E-state index in [0.717, 1.165) is 18.4 Å². The minimum absolute atomic E-state index is 0.752. The van der Waals surface area contributed by atoms with Gasteiger partial charge in [-0.3, -0.25) is 0 Å². The van der Waals surface area contributed by atoms with Crippen LogP contribution in [0.25, 0.3) is 0 Å². The largest absolute Gasteiger partial charge is 0.330 e. The molecule has 1 heterocycles. The summed E-state index contributed by atoms with van der Waals surface area (Å²) in [5, 5.41) is 2.19. The van der Waals surface area contributed by atoms with Crippen molar-refractivity contribution < 1.29 is 0 Å². The van der Waals surface area contributed by atoms with Crippen LogP contribution < -0.4 is 5.73 Å². The Labute approximate surface area is 90.3 Å². The maximum Gasteiger partial charge on any atom is 0.00794 e. The number of thiophene rings is 1. The maximum atomic E-state index is 5.71. The molecule has 0 spiro atoms. The SMILES string of the molecule is NCCC(c1cccs1)C1CCCC1. The summed E-state index contributed by atoms with van der Waals surface area (Å²) in [5.74, 6) is 1.67. The molecule has 1 atom stereocenters. The first-order valence-corrected chi connectivity index (χ1v) is 6.53. The molecule has 1 nitrogen and oxygen atoms in total. The Bertz CT molecular complexity index is 249. The van der Waals surface area contributed by atoms with E-state index in [9.17, 15) is 0 Å². The van der Waals surface area contributed by atoms with Crippen LogP contribution in [0.15, 0.2) is 17.5 Å². The lowest BCUT2D eigenvalue weighted by Gasteiger charge is -2.21. The van der Waals surface area contributed by atoms with Crippen LogP contribution in [0.5, 0.6) is 0 Å². The molecule has 1 aromatic heterocycles. The van der Waals surface area contributed by atoms with Crippen molar-refractivity contribution >= 4 is 11.3 Å². The van der Waals surface area contributed by atoms with Crippen molar-refractivity contribution in [3.05, 3.63) is 22.4 Å². The van der Waals surface area contributed by atoms with Gasteiger partial charge in [0.05, 0.1) is 0 Å². The zero-order valence-corrected chi connectivity index (χ0v) is 9.43. The van der Waals surface area contributed by atoms with Crippen LogP contribution in [-0.4, -0.2) is 6.54 Å². The van der Waals surface area contributed by atoms with E-state index >= 15 is 0 Å². The lowest BCUT2D eigenvalue weighted by Crippen LogP contribution is -2.13. The number of hydrogen-bond donors (Lipinski definition) is 1. The third-order valence-electron chi connectivity index (χ3n) is 3.36. The molecule has 1 aliphatic rings. The summed E-state index contributed by atoms with van der Waals surface area (Å²) in [7, 11) is 0. The van der Waals surface area contributed by atoms with Crippen molar-refractivity contribution in [2.75, 3.05) is 6.54 Å². The molecule has 2 rings (SSSR count). The molecule has 1 saturated carbocycles. The van der Waals surface area contributed by atoms with Crippen molar-refractivity contribution in [2.24, 2.45) is 11.7 Å². The van der Waals surface area contributed by atoms with Crippen molar-refractivity contribution in [2.45, 2.75) is 38.0 Å². The highest BCUT2D eigenvalue weighted by atomic mass is 32.1. The molecular formula is C12H19NS. The average Bonchev–Trinajstić information content (AvgIpc) is 2.87. The molecule has 0 bridgehead atoms. The monoisotopic (exact) mass is 209 g/mol. The molecule has 1 fully saturated rings. The van der Waals surface area contributed by atoms with Gasteiger partial charge in [0.2, 0.25) is 0 Å². The van der Waals surface area contributed by atoms with Gasteiger partial charge in [0.15, 0.2) is 0 Å². The third kappa shape index (κ3) is 2.18. The quantitative estimate of drug-likeness (QED) is 0.808. The maximum absolute atomic E-state index is 5.71. The van der Waals surface area contributed by atoms with Gasteiger partial charge in [0.1, 0.15) is 0 Å². The van der Waals surface area contributed by atoms with Gasteiger partial charge in [0, 0.05) is 4.88 Å². The topological polar surface area (TPSA) is 26.0 Å². The lowest BCUT2D eigenvalue weighted by atomic mass is 9.87. The zero-order valence-electron chi connectivity index (χ0n) is 8.61. The van der Waals surface area contributed by atoms with Gasteiger partial charge in [-0.15, -0.1) is 11.3 Å². The van der Waals surface area contributed by atoms with Gasteiger partial charge in [-0.25, -0.2) is 0 Å². The van der Waals surface area contributed by atoms with Gasteiger partial charge < -0.3 is 5.73 Å². The first-order valence-electron chi connectivity index (χ1n) is 5.65. The van der Waals surface area contributed by atoms with Crippen molar-refractivity contribution in [3.63, 3.8) is 0 Å². The molecule has 1 unspecified atom stereocenters. The van der Waals surface area contributed by atoms with E-state index in [2.05, 4.69) is 17.5 Å². The fourth-order valence-electron chi connectivity index (χ4n) is 2.65. The smallest absolute Gasteiger partial charge is 0.00794 e. The Morgan fingerprint density at radius 2 is 2.21 bits per heavy atom. The molecule has 78 valence electrons. The molecule has 2 heteroatoms. The molecule has 0 aliphatic heterocycles. The molecule has 14 heavy (non-hydrogen) atoms. The molecule has 1 aromatic rings. The van der Waals surface area contributed by atoms with Crippen LogP contribution in [0.1, 0.15) is 42.9 Å². The summed E-state index contributed by atoms with van der Waals surface area (Å²) in [4.78, 5) is 1.56. The summed E-state index contributed by atoms with van der Waals surface area (Å²) in [6.07, 6.45) is 6.87. The standard InChI is InChI=1S/C12H19NS/c13-8-7-11(10-4-1-2-5-10)12-6-3-9-14-12/h3,6,9-11H,1-2,4-5,7-8,13H2. The second kappa shape index (κ2) is 4.94. The van der Waals surface area contributed by atoms with Crippen LogP contribution in [-0.2, 0) is 0 Å². The Kier molecular flexibility index (Phi) is 3.60. The van der Waals surface area contributed by atoms with Crippen LogP contribution in [0.2, 0.25) is 0 Å². The highest BCUT2D eigenvalue weighted by molar-refractivity contribution is 7.10. The lowest BCUT2D eigenvalue weighted by molar-refractivity contribution is 0.421. The number of nitrogens with two attached hydrogens (primary N) is 1. The van der Waals surface area contributed by atoms with E-state index in [1.807, 2.05) is 11.3 Å². The van der Waals surface area contributed by atoms with E-state index in [1.165, 1.54) is 32.1 Å². The second-order valence-corrected chi connectivity index (χ2v) is 5.22. The normalized spacial score (nSPS) is 20.1. The van der Waals surface area contributed by atoms with Crippen LogP contribution in [0, 0.1) is 5.92 Å². The highest BCUT2D eigenvalue weighted by Gasteiger charge is 2.26. The van der Waals surface area contributed by atoms with Gasteiger partial charge >= 0.3 is 0 Å². The Hall–Kier alpha value is -0.340. The van der Waals surface area contributed by atoms with Gasteiger partial charge in [-0.1, -0.05) is 18.9 Å². The minimum Gasteiger partial charge on any atom is -0.330 e. The molecule has 0 aromatic carbocycles. The Balaban J connectivity index is 2.06. The fraction of sp³-hybridized carbons (Fsp3) is 0.667. The Morgan fingerprint density at radius 1 is 1.43 bits per heavy atom. The van der Waals surface area contributed by atoms with Crippen LogP contribution >= 0.6 is 11.3 Å². The van der Waals surface area contributed by atoms with E-state index in [1.54, 1.807) is 4.88 Å². The zero-order chi connectivity index (χ0) is 9.80. The molecule has 0 saturated heterocycles. The van der Waals surface area contributed by atoms with Crippen molar-refractivity contribution in [3.8, 4) is 0 Å². The number of hydrogen-bond acceptors (Lipinski definition) is 2. The average molecular weight is 209 g/mol.